The molecule has 0 unspecified atom stereocenters. The molecule has 0 aliphatic heterocycles. The van der Waals surface area contributed by atoms with Crippen LogP contribution in [0.25, 0.3) is 0 Å². The van der Waals surface area contributed by atoms with E-state index in [1.165, 1.54) is 17.0 Å². The van der Waals surface area contributed by atoms with Crippen molar-refractivity contribution < 1.29 is 22.7 Å². The van der Waals surface area contributed by atoms with E-state index >= 15 is 0 Å². The maximum atomic E-state index is 12.6. The van der Waals surface area contributed by atoms with E-state index in [0.29, 0.717) is 11.8 Å². The number of amides is 1. The fourth-order valence-corrected chi connectivity index (χ4v) is 2.99. The smallest absolute Gasteiger partial charge is 0.406 e. The lowest BCUT2D eigenvalue weighted by Gasteiger charge is -2.15. The van der Waals surface area contributed by atoms with Gasteiger partial charge in [0, 0.05) is 42.8 Å². The van der Waals surface area contributed by atoms with Crippen LogP contribution in [0.2, 0.25) is 0 Å². The minimum Gasteiger partial charge on any atom is -0.406 e. The molecule has 1 atom stereocenters. The molecule has 1 aromatic heterocycles. The molecule has 0 aliphatic rings. The van der Waals surface area contributed by atoms with Gasteiger partial charge in [-0.05, 0) is 32.0 Å². The molecule has 0 fully saturated rings. The first kappa shape index (κ1) is 24.3. The summed E-state index contributed by atoms with van der Waals surface area (Å²) in [4.78, 5) is 22.5. The SMILES string of the molecule is C/C=N\C(=N)n1nc(N(C)C)nc1C[C@H](C)NC(=O)c1cc(Br)cc(OC(F)(F)F)c1. The summed E-state index contributed by atoms with van der Waals surface area (Å²) >= 11 is 3.07. The third-order valence-electron chi connectivity index (χ3n) is 3.75. The lowest BCUT2D eigenvalue weighted by Crippen LogP contribution is -2.35. The normalized spacial score (nSPS) is 12.6. The Morgan fingerprint density at radius 1 is 1.42 bits per heavy atom. The van der Waals surface area contributed by atoms with Gasteiger partial charge in [0.15, 0.2) is 0 Å². The standard InChI is InChI=1S/C18H21BrF3N7O2/c1-5-24-16(23)29-14(26-17(27-29)28(3)4)6-10(2)25-15(30)11-7-12(19)9-13(8-11)31-18(20,21)22/h5,7-10,23H,6H2,1-4H3,(H,25,30)/b23-16?,24-5-/t10-/m0/s1. The van der Waals surface area contributed by atoms with E-state index in [0.717, 1.165) is 12.1 Å². The Morgan fingerprint density at radius 3 is 2.68 bits per heavy atom. The molecule has 2 N–H and O–H groups in total. The van der Waals surface area contributed by atoms with Crippen LogP contribution in [0.3, 0.4) is 0 Å². The number of carbonyl (C=O) groups is 1. The average molecular weight is 504 g/mol. The molecule has 9 nitrogen and oxygen atoms in total. The van der Waals surface area contributed by atoms with E-state index in [1.807, 2.05) is 0 Å². The van der Waals surface area contributed by atoms with Crippen molar-refractivity contribution in [3.05, 3.63) is 34.1 Å². The van der Waals surface area contributed by atoms with Gasteiger partial charge in [0.05, 0.1) is 0 Å². The van der Waals surface area contributed by atoms with Crippen LogP contribution in [0, 0.1) is 5.41 Å². The zero-order valence-electron chi connectivity index (χ0n) is 17.2. The van der Waals surface area contributed by atoms with Crippen molar-refractivity contribution >= 4 is 40.0 Å². The fraction of sp³-hybridized carbons (Fsp3) is 0.389. The van der Waals surface area contributed by atoms with Crippen LogP contribution >= 0.6 is 15.9 Å². The Balaban J connectivity index is 2.18. The number of nitrogens with zero attached hydrogens (tertiary/aromatic N) is 5. The number of aliphatic imine (C=N–C) groups is 1. The van der Waals surface area contributed by atoms with Gasteiger partial charge in [0.1, 0.15) is 11.6 Å². The minimum atomic E-state index is -4.87. The number of carbonyl (C=O) groups excluding carboxylic acids is 1. The fourth-order valence-electron chi connectivity index (χ4n) is 2.52. The van der Waals surface area contributed by atoms with Crippen LogP contribution in [0.4, 0.5) is 19.1 Å². The van der Waals surface area contributed by atoms with Crippen molar-refractivity contribution in [1.29, 1.82) is 5.41 Å². The van der Waals surface area contributed by atoms with Crippen molar-refractivity contribution in [1.82, 2.24) is 20.1 Å². The van der Waals surface area contributed by atoms with Gasteiger partial charge in [-0.3, -0.25) is 10.2 Å². The van der Waals surface area contributed by atoms with E-state index in [4.69, 9.17) is 5.41 Å². The first-order valence-electron chi connectivity index (χ1n) is 8.97. The maximum Gasteiger partial charge on any atom is 0.573 e. The number of anilines is 1. The van der Waals surface area contributed by atoms with Crippen LogP contribution < -0.4 is 15.0 Å². The zero-order valence-corrected chi connectivity index (χ0v) is 18.7. The summed E-state index contributed by atoms with van der Waals surface area (Å²) in [6.45, 7) is 3.36. The van der Waals surface area contributed by atoms with Gasteiger partial charge in [-0.25, -0.2) is 4.99 Å². The van der Waals surface area contributed by atoms with Gasteiger partial charge >= 0.3 is 6.36 Å². The van der Waals surface area contributed by atoms with Crippen molar-refractivity contribution in [3.63, 3.8) is 0 Å². The lowest BCUT2D eigenvalue weighted by atomic mass is 10.1. The first-order valence-corrected chi connectivity index (χ1v) is 9.77. The third-order valence-corrected chi connectivity index (χ3v) is 4.21. The van der Waals surface area contributed by atoms with E-state index in [9.17, 15) is 18.0 Å². The number of hydrogen-bond acceptors (Lipinski definition) is 6. The summed E-state index contributed by atoms with van der Waals surface area (Å²) in [7, 11) is 3.49. The van der Waals surface area contributed by atoms with Crippen molar-refractivity contribution in [3.8, 4) is 5.75 Å². The second-order valence-electron chi connectivity index (χ2n) is 6.65. The van der Waals surface area contributed by atoms with Gasteiger partial charge in [0.25, 0.3) is 5.91 Å². The molecule has 0 saturated carbocycles. The van der Waals surface area contributed by atoms with Crippen molar-refractivity contribution in [2.24, 2.45) is 4.99 Å². The average Bonchev–Trinajstić information content (AvgIpc) is 3.04. The predicted octanol–water partition coefficient (Wildman–Crippen LogP) is 3.24. The third kappa shape index (κ3) is 7.05. The summed E-state index contributed by atoms with van der Waals surface area (Å²) in [5, 5.41) is 14.9. The second kappa shape index (κ2) is 9.90. The van der Waals surface area contributed by atoms with Gasteiger partial charge in [-0.1, -0.05) is 15.9 Å². The number of rotatable bonds is 6. The number of ether oxygens (including phenoxy) is 1. The maximum absolute atomic E-state index is 12.6. The molecule has 2 aromatic rings. The number of nitrogens with one attached hydrogen (secondary N) is 2. The number of halogens is 4. The highest BCUT2D eigenvalue weighted by molar-refractivity contribution is 9.10. The van der Waals surface area contributed by atoms with E-state index < -0.39 is 24.1 Å². The number of benzene rings is 1. The van der Waals surface area contributed by atoms with Crippen molar-refractivity contribution in [2.75, 3.05) is 19.0 Å². The molecular formula is C18H21BrF3N7O2. The molecule has 1 heterocycles. The minimum absolute atomic E-state index is 0.0146. The molecule has 0 bridgehead atoms. The highest BCUT2D eigenvalue weighted by Crippen LogP contribution is 2.27. The molecular weight excluding hydrogens is 483 g/mol. The molecule has 0 radical (unpaired) electrons. The Kier molecular flexibility index (Phi) is 7.76. The molecule has 2 rings (SSSR count). The molecule has 31 heavy (non-hydrogen) atoms. The van der Waals surface area contributed by atoms with Crippen LogP contribution in [0.1, 0.15) is 30.0 Å². The van der Waals surface area contributed by atoms with E-state index in [-0.39, 0.29) is 22.4 Å². The molecule has 0 spiro atoms. The number of aromatic nitrogens is 3. The molecule has 13 heteroatoms. The van der Waals surface area contributed by atoms with Crippen molar-refractivity contribution in [2.45, 2.75) is 32.7 Å². The van der Waals surface area contributed by atoms with Crippen LogP contribution in [-0.2, 0) is 6.42 Å². The van der Waals surface area contributed by atoms with Gasteiger partial charge in [-0.2, -0.15) is 9.67 Å². The predicted molar refractivity (Wildman–Crippen MR) is 113 cm³/mol. The van der Waals surface area contributed by atoms with Gasteiger partial charge < -0.3 is 15.0 Å². The number of alkyl halides is 3. The highest BCUT2D eigenvalue weighted by atomic mass is 79.9. The summed E-state index contributed by atoms with van der Waals surface area (Å²) in [6, 6.07) is 3.01. The molecule has 0 aliphatic carbocycles. The summed E-state index contributed by atoms with van der Waals surface area (Å²) in [6.07, 6.45) is -3.22. The molecule has 1 amide bonds. The topological polar surface area (TPSA) is 108 Å². The van der Waals surface area contributed by atoms with E-state index in [1.54, 1.807) is 32.8 Å². The van der Waals surface area contributed by atoms with Crippen LogP contribution in [-0.4, -0.2) is 59.3 Å². The summed E-state index contributed by atoms with van der Waals surface area (Å²) < 4.78 is 42.9. The quantitative estimate of drug-likeness (QED) is 0.464. The summed E-state index contributed by atoms with van der Waals surface area (Å²) in [5.74, 6) is -0.493. The van der Waals surface area contributed by atoms with Gasteiger partial charge in [-0.15, -0.1) is 18.3 Å². The van der Waals surface area contributed by atoms with Gasteiger partial charge in [0.2, 0.25) is 11.9 Å². The van der Waals surface area contributed by atoms with Crippen LogP contribution in [0.5, 0.6) is 5.75 Å². The largest absolute Gasteiger partial charge is 0.573 e. The Morgan fingerprint density at radius 2 is 2.10 bits per heavy atom. The van der Waals surface area contributed by atoms with Crippen LogP contribution in [0.15, 0.2) is 27.7 Å². The zero-order chi connectivity index (χ0) is 23.3. The lowest BCUT2D eigenvalue weighted by molar-refractivity contribution is -0.274. The highest BCUT2D eigenvalue weighted by Gasteiger charge is 2.31. The second-order valence-corrected chi connectivity index (χ2v) is 7.56. The molecule has 0 saturated heterocycles. The Hall–Kier alpha value is -2.96. The Labute approximate surface area is 184 Å². The van der Waals surface area contributed by atoms with E-state index in [2.05, 4.69) is 41.1 Å². The first-order chi connectivity index (χ1) is 14.4. The Bertz CT molecular complexity index is 989. The number of hydrogen-bond donors (Lipinski definition) is 2. The molecule has 1 aromatic carbocycles. The summed E-state index contributed by atoms with van der Waals surface area (Å²) in [5.41, 5.74) is -0.0146. The monoisotopic (exact) mass is 503 g/mol. The molecule has 168 valence electrons.